The van der Waals surface area contributed by atoms with E-state index in [1.165, 1.54) is 12.1 Å². The van der Waals surface area contributed by atoms with Crippen molar-refractivity contribution in [2.75, 3.05) is 0 Å². The predicted molar refractivity (Wildman–Crippen MR) is 81.1 cm³/mol. The summed E-state index contributed by atoms with van der Waals surface area (Å²) in [5.74, 6) is -0.506. The lowest BCUT2D eigenvalue weighted by Crippen LogP contribution is -2.42. The molecule has 0 radical (unpaired) electrons. The van der Waals surface area contributed by atoms with Crippen molar-refractivity contribution in [2.45, 2.75) is 25.4 Å². The van der Waals surface area contributed by atoms with Crippen LogP contribution in [0.1, 0.15) is 24.1 Å². The summed E-state index contributed by atoms with van der Waals surface area (Å²) in [6.45, 7) is 1.85. The molecule has 0 aromatic heterocycles. The number of rotatable bonds is 5. The van der Waals surface area contributed by atoms with E-state index in [0.29, 0.717) is 6.42 Å². The highest BCUT2D eigenvalue weighted by Crippen LogP contribution is 2.13. The number of benzene rings is 2. The van der Waals surface area contributed by atoms with Gasteiger partial charge in [0.25, 0.3) is 0 Å². The third kappa shape index (κ3) is 4.39. The van der Waals surface area contributed by atoms with E-state index in [-0.39, 0.29) is 17.8 Å². The molecule has 2 aromatic rings. The Bertz CT molecular complexity index is 583. The Labute approximate surface area is 124 Å². The number of hydrogen-bond donors (Lipinski definition) is 2. The maximum atomic E-state index is 12.9. The second-order valence-corrected chi connectivity index (χ2v) is 5.08. The lowest BCUT2D eigenvalue weighted by Gasteiger charge is -2.18. The zero-order valence-corrected chi connectivity index (χ0v) is 11.9. The van der Waals surface area contributed by atoms with Crippen molar-refractivity contribution in [1.29, 1.82) is 0 Å². The first-order valence-corrected chi connectivity index (χ1v) is 6.91. The van der Waals surface area contributed by atoms with Gasteiger partial charge >= 0.3 is 0 Å². The topological polar surface area (TPSA) is 55.1 Å². The lowest BCUT2D eigenvalue weighted by atomic mass is 10.0. The molecule has 0 aliphatic carbocycles. The van der Waals surface area contributed by atoms with Crippen LogP contribution in [0.2, 0.25) is 0 Å². The minimum absolute atomic E-state index is 0.208. The fraction of sp³-hybridized carbons (Fsp3) is 0.235. The summed E-state index contributed by atoms with van der Waals surface area (Å²) in [7, 11) is 0. The molecule has 1 unspecified atom stereocenters. The van der Waals surface area contributed by atoms with E-state index in [1.54, 1.807) is 12.1 Å². The highest BCUT2D eigenvalue weighted by molar-refractivity contribution is 5.82. The van der Waals surface area contributed by atoms with Crippen LogP contribution in [-0.4, -0.2) is 11.9 Å². The van der Waals surface area contributed by atoms with E-state index in [9.17, 15) is 9.18 Å². The summed E-state index contributed by atoms with van der Waals surface area (Å²) in [4.78, 5) is 12.1. The van der Waals surface area contributed by atoms with Gasteiger partial charge in [-0.15, -0.1) is 0 Å². The van der Waals surface area contributed by atoms with Crippen LogP contribution in [0.25, 0.3) is 0 Å². The van der Waals surface area contributed by atoms with Crippen molar-refractivity contribution in [2.24, 2.45) is 5.73 Å². The molecule has 0 fully saturated rings. The second kappa shape index (κ2) is 6.99. The Hall–Kier alpha value is -2.20. The summed E-state index contributed by atoms with van der Waals surface area (Å²) in [6, 6.07) is 14.9. The monoisotopic (exact) mass is 286 g/mol. The Balaban J connectivity index is 1.92. The molecule has 0 saturated heterocycles. The zero-order chi connectivity index (χ0) is 15.2. The number of carbonyl (C=O) groups is 1. The number of nitrogens with one attached hydrogen (secondary N) is 1. The fourth-order valence-electron chi connectivity index (χ4n) is 2.12. The third-order valence-electron chi connectivity index (χ3n) is 3.36. The normalized spacial score (nSPS) is 13.5. The molecule has 21 heavy (non-hydrogen) atoms. The van der Waals surface area contributed by atoms with Crippen molar-refractivity contribution < 1.29 is 9.18 Å². The molecule has 0 spiro atoms. The summed E-state index contributed by atoms with van der Waals surface area (Å²) in [6.07, 6.45) is 0.489. The molecule has 3 nitrogen and oxygen atoms in total. The second-order valence-electron chi connectivity index (χ2n) is 5.08. The van der Waals surface area contributed by atoms with Crippen molar-refractivity contribution in [3.63, 3.8) is 0 Å². The first kappa shape index (κ1) is 15.2. The first-order valence-electron chi connectivity index (χ1n) is 6.91. The molecular formula is C17H19FN2O. The molecule has 0 saturated carbocycles. The van der Waals surface area contributed by atoms with Crippen LogP contribution in [0.15, 0.2) is 54.6 Å². The van der Waals surface area contributed by atoms with E-state index in [2.05, 4.69) is 5.32 Å². The van der Waals surface area contributed by atoms with Gasteiger partial charge in [0.2, 0.25) is 5.91 Å². The molecular weight excluding hydrogens is 267 g/mol. The van der Waals surface area contributed by atoms with Gasteiger partial charge in [-0.3, -0.25) is 4.79 Å². The molecule has 0 bridgehead atoms. The fourth-order valence-corrected chi connectivity index (χ4v) is 2.12. The molecule has 110 valence electrons. The highest BCUT2D eigenvalue weighted by atomic mass is 19.1. The number of amides is 1. The van der Waals surface area contributed by atoms with Crippen LogP contribution < -0.4 is 11.1 Å². The van der Waals surface area contributed by atoms with Gasteiger partial charge in [-0.25, -0.2) is 4.39 Å². The van der Waals surface area contributed by atoms with Crippen LogP contribution >= 0.6 is 0 Å². The molecule has 1 amide bonds. The van der Waals surface area contributed by atoms with E-state index in [4.69, 9.17) is 5.73 Å². The Morgan fingerprint density at radius 3 is 2.38 bits per heavy atom. The molecule has 0 heterocycles. The number of hydrogen-bond acceptors (Lipinski definition) is 2. The van der Waals surface area contributed by atoms with E-state index < -0.39 is 6.04 Å². The molecule has 4 heteroatoms. The van der Waals surface area contributed by atoms with Crippen molar-refractivity contribution in [1.82, 2.24) is 5.32 Å². The Kier molecular flexibility index (Phi) is 5.06. The first-order chi connectivity index (χ1) is 10.1. The Morgan fingerprint density at radius 2 is 1.76 bits per heavy atom. The average molecular weight is 286 g/mol. The zero-order valence-electron chi connectivity index (χ0n) is 11.9. The van der Waals surface area contributed by atoms with Crippen LogP contribution in [0.5, 0.6) is 0 Å². The van der Waals surface area contributed by atoms with Gasteiger partial charge in [0.05, 0.1) is 12.1 Å². The number of carbonyl (C=O) groups excluding carboxylic acids is 1. The van der Waals surface area contributed by atoms with Gasteiger partial charge in [-0.1, -0.05) is 42.5 Å². The van der Waals surface area contributed by atoms with E-state index >= 15 is 0 Å². The van der Waals surface area contributed by atoms with Gasteiger partial charge in [-0.2, -0.15) is 0 Å². The molecule has 0 aliphatic rings. The van der Waals surface area contributed by atoms with Gasteiger partial charge in [0.15, 0.2) is 0 Å². The molecule has 2 atom stereocenters. The van der Waals surface area contributed by atoms with E-state index in [0.717, 1.165) is 11.1 Å². The Morgan fingerprint density at radius 1 is 1.14 bits per heavy atom. The summed E-state index contributed by atoms with van der Waals surface area (Å²) in [5, 5.41) is 2.85. The molecule has 2 rings (SSSR count). The maximum Gasteiger partial charge on any atom is 0.237 e. The van der Waals surface area contributed by atoms with Crippen LogP contribution in [0.4, 0.5) is 4.39 Å². The number of halogens is 1. The minimum Gasteiger partial charge on any atom is -0.348 e. The lowest BCUT2D eigenvalue weighted by molar-refractivity contribution is -0.123. The summed E-state index contributed by atoms with van der Waals surface area (Å²) in [5.41, 5.74) is 7.79. The van der Waals surface area contributed by atoms with Crippen molar-refractivity contribution >= 4 is 5.91 Å². The van der Waals surface area contributed by atoms with Crippen molar-refractivity contribution in [3.8, 4) is 0 Å². The van der Waals surface area contributed by atoms with Crippen molar-refractivity contribution in [3.05, 3.63) is 71.5 Å². The maximum absolute atomic E-state index is 12.9. The minimum atomic E-state index is -0.602. The number of nitrogens with two attached hydrogens (primary N) is 1. The van der Waals surface area contributed by atoms with Crippen LogP contribution in [0.3, 0.4) is 0 Å². The quantitative estimate of drug-likeness (QED) is 0.887. The van der Waals surface area contributed by atoms with Crippen LogP contribution in [-0.2, 0) is 11.2 Å². The largest absolute Gasteiger partial charge is 0.348 e. The van der Waals surface area contributed by atoms with Crippen LogP contribution in [0, 0.1) is 5.82 Å². The predicted octanol–water partition coefficient (Wildman–Crippen LogP) is 2.57. The molecule has 2 aromatic carbocycles. The molecule has 3 N–H and O–H groups in total. The standard InChI is InChI=1S/C17H19FN2O/c1-12(14-7-9-15(18)10-8-14)20-17(21)16(19)11-13-5-3-2-4-6-13/h2-10,12,16H,11,19H2,1H3,(H,20,21)/t12-,16?/m1/s1. The highest BCUT2D eigenvalue weighted by Gasteiger charge is 2.17. The molecule has 0 aliphatic heterocycles. The SMILES string of the molecule is C[C@@H](NC(=O)C(N)Cc1ccccc1)c1ccc(F)cc1. The smallest absolute Gasteiger partial charge is 0.237 e. The summed E-state index contributed by atoms with van der Waals surface area (Å²) < 4.78 is 12.9. The third-order valence-corrected chi connectivity index (χ3v) is 3.36. The van der Waals surface area contributed by atoms with E-state index in [1.807, 2.05) is 37.3 Å². The average Bonchev–Trinajstić information content (AvgIpc) is 2.48. The van der Waals surface area contributed by atoms with Gasteiger partial charge in [-0.05, 0) is 36.6 Å². The van der Waals surface area contributed by atoms with Gasteiger partial charge in [0, 0.05) is 0 Å². The van der Waals surface area contributed by atoms with Gasteiger partial charge < -0.3 is 11.1 Å². The summed E-state index contributed by atoms with van der Waals surface area (Å²) >= 11 is 0. The van der Waals surface area contributed by atoms with Gasteiger partial charge in [0.1, 0.15) is 5.82 Å².